The molecule has 0 aliphatic carbocycles. The van der Waals surface area contributed by atoms with E-state index in [0.29, 0.717) is 19.5 Å². The van der Waals surface area contributed by atoms with Crippen molar-refractivity contribution in [2.24, 2.45) is 0 Å². The number of carbonyl (C=O) groups is 2. The number of hydrogen-bond acceptors (Lipinski definition) is 3. The van der Waals surface area contributed by atoms with Crippen LogP contribution >= 0.6 is 0 Å². The zero-order chi connectivity index (χ0) is 15.6. The Morgan fingerprint density at radius 1 is 1.38 bits per heavy atom. The summed E-state index contributed by atoms with van der Waals surface area (Å²) in [6.45, 7) is 2.77. The predicted molar refractivity (Wildman–Crippen MR) is 67.5 cm³/mol. The second-order valence-electron chi connectivity index (χ2n) is 4.65. The lowest BCUT2D eigenvalue weighted by Crippen LogP contribution is -2.37. The fourth-order valence-electron chi connectivity index (χ4n) is 2.21. The number of hydrogen-bond donors (Lipinski definition) is 0. The third-order valence-electron chi connectivity index (χ3n) is 3.19. The number of halogens is 3. The summed E-state index contributed by atoms with van der Waals surface area (Å²) in [6.07, 6.45) is -2.13. The molecule has 114 valence electrons. The maximum Gasteiger partial charge on any atom is 0.417 e. The molecule has 8 heteroatoms. The Morgan fingerprint density at radius 2 is 2.10 bits per heavy atom. The number of imide groups is 1. The van der Waals surface area contributed by atoms with Crippen LogP contribution in [0.25, 0.3) is 0 Å². The fourth-order valence-corrected chi connectivity index (χ4v) is 2.21. The van der Waals surface area contributed by atoms with Crippen LogP contribution in [-0.4, -0.2) is 46.4 Å². The molecule has 2 rings (SSSR count). The molecule has 1 aromatic rings. The highest BCUT2D eigenvalue weighted by molar-refractivity contribution is 6.05. The number of aromatic nitrogens is 1. The second-order valence-corrected chi connectivity index (χ2v) is 4.65. The van der Waals surface area contributed by atoms with Gasteiger partial charge in [-0.2, -0.15) is 13.2 Å². The Morgan fingerprint density at radius 3 is 2.71 bits per heavy atom. The maximum atomic E-state index is 12.9. The van der Waals surface area contributed by atoms with Crippen molar-refractivity contribution >= 4 is 11.9 Å². The molecule has 0 spiro atoms. The van der Waals surface area contributed by atoms with Crippen LogP contribution in [0.1, 0.15) is 29.3 Å². The van der Waals surface area contributed by atoms with Crippen molar-refractivity contribution in [2.75, 3.05) is 19.6 Å². The molecule has 3 amide bonds. The van der Waals surface area contributed by atoms with Crippen molar-refractivity contribution in [3.63, 3.8) is 0 Å². The lowest BCUT2D eigenvalue weighted by Gasteiger charge is -2.18. The first-order valence-electron chi connectivity index (χ1n) is 6.48. The van der Waals surface area contributed by atoms with Gasteiger partial charge in [0.05, 0.1) is 11.1 Å². The first-order chi connectivity index (χ1) is 9.86. The SMILES string of the molecule is CCCN1CCN(C(=O)c2cnccc2C(F)(F)F)C1=O. The van der Waals surface area contributed by atoms with Gasteiger partial charge in [0.1, 0.15) is 0 Å². The van der Waals surface area contributed by atoms with Crippen LogP contribution < -0.4 is 0 Å². The smallest absolute Gasteiger partial charge is 0.322 e. The molecule has 21 heavy (non-hydrogen) atoms. The second kappa shape index (κ2) is 5.71. The van der Waals surface area contributed by atoms with Gasteiger partial charge in [-0.15, -0.1) is 0 Å². The van der Waals surface area contributed by atoms with E-state index in [0.717, 1.165) is 23.4 Å². The highest BCUT2D eigenvalue weighted by Crippen LogP contribution is 2.32. The van der Waals surface area contributed by atoms with E-state index < -0.39 is 29.2 Å². The number of carbonyl (C=O) groups excluding carboxylic acids is 2. The fraction of sp³-hybridized carbons (Fsp3) is 0.462. The van der Waals surface area contributed by atoms with E-state index in [2.05, 4.69) is 4.98 Å². The van der Waals surface area contributed by atoms with Gasteiger partial charge in [-0.3, -0.25) is 14.7 Å². The minimum atomic E-state index is -4.67. The molecular formula is C13H14F3N3O2. The number of pyridine rings is 1. The first kappa shape index (κ1) is 15.3. The molecule has 0 saturated carbocycles. The molecule has 1 aliphatic heterocycles. The van der Waals surface area contributed by atoms with Gasteiger partial charge in [0, 0.05) is 32.0 Å². The van der Waals surface area contributed by atoms with Crippen molar-refractivity contribution in [1.29, 1.82) is 0 Å². The van der Waals surface area contributed by atoms with Gasteiger partial charge in [0.15, 0.2) is 0 Å². The Hall–Kier alpha value is -2.12. The van der Waals surface area contributed by atoms with Gasteiger partial charge in [0.2, 0.25) is 0 Å². The van der Waals surface area contributed by atoms with Crippen LogP contribution in [0.2, 0.25) is 0 Å². The molecule has 0 atom stereocenters. The molecule has 1 fully saturated rings. The summed E-state index contributed by atoms with van der Waals surface area (Å²) in [4.78, 5) is 30.1. The van der Waals surface area contributed by atoms with Crippen LogP contribution in [0.15, 0.2) is 18.5 Å². The van der Waals surface area contributed by atoms with Crippen molar-refractivity contribution in [1.82, 2.24) is 14.8 Å². The van der Waals surface area contributed by atoms with E-state index in [1.807, 2.05) is 6.92 Å². The highest BCUT2D eigenvalue weighted by atomic mass is 19.4. The van der Waals surface area contributed by atoms with Gasteiger partial charge in [0.25, 0.3) is 5.91 Å². The van der Waals surface area contributed by atoms with Gasteiger partial charge in [-0.25, -0.2) is 4.79 Å². The van der Waals surface area contributed by atoms with E-state index >= 15 is 0 Å². The number of urea groups is 1. The van der Waals surface area contributed by atoms with Crippen LogP contribution in [-0.2, 0) is 6.18 Å². The zero-order valence-electron chi connectivity index (χ0n) is 11.4. The van der Waals surface area contributed by atoms with Crippen LogP contribution in [0.4, 0.5) is 18.0 Å². The van der Waals surface area contributed by atoms with Gasteiger partial charge in [-0.05, 0) is 12.5 Å². The monoisotopic (exact) mass is 301 g/mol. The van der Waals surface area contributed by atoms with E-state index in [1.165, 1.54) is 4.90 Å². The van der Waals surface area contributed by atoms with E-state index in [9.17, 15) is 22.8 Å². The number of nitrogens with zero attached hydrogens (tertiary/aromatic N) is 3. The average molecular weight is 301 g/mol. The first-order valence-corrected chi connectivity index (χ1v) is 6.48. The highest BCUT2D eigenvalue weighted by Gasteiger charge is 2.39. The molecular weight excluding hydrogens is 287 g/mol. The minimum absolute atomic E-state index is 0.0872. The molecule has 1 aliphatic rings. The normalized spacial score (nSPS) is 15.7. The number of amides is 3. The van der Waals surface area contributed by atoms with Gasteiger partial charge >= 0.3 is 12.2 Å². The third-order valence-corrected chi connectivity index (χ3v) is 3.19. The lowest BCUT2D eigenvalue weighted by atomic mass is 10.1. The quantitative estimate of drug-likeness (QED) is 0.861. The Bertz CT molecular complexity index is 560. The molecule has 0 bridgehead atoms. The third kappa shape index (κ3) is 2.98. The maximum absolute atomic E-state index is 12.9. The molecule has 0 radical (unpaired) electrons. The summed E-state index contributed by atoms with van der Waals surface area (Å²) in [5, 5.41) is 0. The standard InChI is InChI=1S/C13H14F3N3O2/c1-2-5-18-6-7-19(12(18)21)11(20)9-8-17-4-3-10(9)13(14,15)16/h3-4,8H,2,5-7H2,1H3. The van der Waals surface area contributed by atoms with Crippen LogP contribution in [0, 0.1) is 0 Å². The Balaban J connectivity index is 2.28. The van der Waals surface area contributed by atoms with Crippen LogP contribution in [0.5, 0.6) is 0 Å². The van der Waals surface area contributed by atoms with Crippen molar-refractivity contribution in [3.05, 3.63) is 29.6 Å². The molecule has 0 unspecified atom stereocenters. The number of rotatable bonds is 3. The lowest BCUT2D eigenvalue weighted by molar-refractivity contribution is -0.138. The molecule has 5 nitrogen and oxygen atoms in total. The molecule has 0 N–H and O–H groups in total. The average Bonchev–Trinajstić information content (AvgIpc) is 2.79. The van der Waals surface area contributed by atoms with Crippen molar-refractivity contribution < 1.29 is 22.8 Å². The minimum Gasteiger partial charge on any atom is -0.322 e. The van der Waals surface area contributed by atoms with Crippen LogP contribution in [0.3, 0.4) is 0 Å². The zero-order valence-corrected chi connectivity index (χ0v) is 11.4. The topological polar surface area (TPSA) is 53.5 Å². The van der Waals surface area contributed by atoms with Gasteiger partial charge in [-0.1, -0.05) is 6.92 Å². The predicted octanol–water partition coefficient (Wildman–Crippen LogP) is 2.39. The van der Waals surface area contributed by atoms with Crippen molar-refractivity contribution in [2.45, 2.75) is 19.5 Å². The Kier molecular flexibility index (Phi) is 4.15. The summed E-state index contributed by atoms with van der Waals surface area (Å²) >= 11 is 0. The molecule has 1 saturated heterocycles. The van der Waals surface area contributed by atoms with Crippen molar-refractivity contribution in [3.8, 4) is 0 Å². The van der Waals surface area contributed by atoms with E-state index in [1.54, 1.807) is 0 Å². The number of alkyl halides is 3. The largest absolute Gasteiger partial charge is 0.417 e. The Labute approximate surface area is 119 Å². The summed E-state index contributed by atoms with van der Waals surface area (Å²) in [5.41, 5.74) is -1.68. The summed E-state index contributed by atoms with van der Waals surface area (Å²) in [6, 6.07) is 0.177. The molecule has 0 aromatic carbocycles. The van der Waals surface area contributed by atoms with E-state index in [-0.39, 0.29) is 6.54 Å². The summed E-state index contributed by atoms with van der Waals surface area (Å²) in [5.74, 6) is -0.959. The summed E-state index contributed by atoms with van der Waals surface area (Å²) in [7, 11) is 0. The molecule has 2 heterocycles. The van der Waals surface area contributed by atoms with Gasteiger partial charge < -0.3 is 4.90 Å². The molecule has 1 aromatic heterocycles. The summed E-state index contributed by atoms with van der Waals surface area (Å²) < 4.78 is 38.7. The van der Waals surface area contributed by atoms with E-state index in [4.69, 9.17) is 0 Å².